The van der Waals surface area contributed by atoms with Gasteiger partial charge in [0.2, 0.25) is 0 Å². The summed E-state index contributed by atoms with van der Waals surface area (Å²) in [5.41, 5.74) is 2.73. The van der Waals surface area contributed by atoms with Crippen LogP contribution in [-0.2, 0) is 14.3 Å². The highest BCUT2D eigenvalue weighted by Crippen LogP contribution is 2.21. The maximum Gasteiger partial charge on any atom is 0.329 e. The Hall–Kier alpha value is -3.92. The Morgan fingerprint density at radius 2 is 1.77 bits per heavy atom. The lowest BCUT2D eigenvalue weighted by Gasteiger charge is -2.27. The minimum absolute atomic E-state index is 0.127. The molecule has 10 nitrogen and oxygen atoms in total. The van der Waals surface area contributed by atoms with Gasteiger partial charge < -0.3 is 25.2 Å². The van der Waals surface area contributed by atoms with Crippen LogP contribution in [-0.4, -0.2) is 65.4 Å². The summed E-state index contributed by atoms with van der Waals surface area (Å²) in [7, 11) is 0. The summed E-state index contributed by atoms with van der Waals surface area (Å²) < 4.78 is 5.24. The van der Waals surface area contributed by atoms with Crippen LogP contribution < -0.4 is 10.7 Å². The Morgan fingerprint density at radius 3 is 2.50 bits per heavy atom. The molecule has 2 aromatic rings. The molecule has 1 saturated heterocycles. The number of phenolic OH excluding ortho intramolecular Hbond substituents is 2. The van der Waals surface area contributed by atoms with Gasteiger partial charge in [-0.3, -0.25) is 14.4 Å². The van der Waals surface area contributed by atoms with Gasteiger partial charge in [0, 0.05) is 24.7 Å². The summed E-state index contributed by atoms with van der Waals surface area (Å²) >= 11 is 0. The number of nitrogens with zero attached hydrogens (tertiary/aromatic N) is 2. The first-order valence-corrected chi connectivity index (χ1v) is 9.08. The fraction of sp³-hybridized carbons (Fsp3) is 0.200. The van der Waals surface area contributed by atoms with E-state index in [0.717, 1.165) is 12.3 Å². The lowest BCUT2D eigenvalue weighted by atomic mass is 10.1. The largest absolute Gasteiger partial charge is 0.508 e. The molecule has 0 spiro atoms. The Morgan fingerprint density at radius 1 is 1.03 bits per heavy atom. The molecule has 3 amide bonds. The average molecular weight is 412 g/mol. The van der Waals surface area contributed by atoms with E-state index in [1.165, 1.54) is 18.2 Å². The molecular weight excluding hydrogens is 392 g/mol. The van der Waals surface area contributed by atoms with Crippen LogP contribution in [0.1, 0.15) is 15.9 Å². The summed E-state index contributed by atoms with van der Waals surface area (Å²) in [6.45, 7) is 1.77. The molecule has 1 fully saturated rings. The van der Waals surface area contributed by atoms with Gasteiger partial charge in [-0.2, -0.15) is 5.10 Å². The molecule has 156 valence electrons. The third-order valence-electron chi connectivity index (χ3n) is 4.29. The fourth-order valence-electron chi connectivity index (χ4n) is 2.75. The number of phenols is 2. The van der Waals surface area contributed by atoms with Crippen LogP contribution in [0.4, 0.5) is 5.69 Å². The Labute approximate surface area is 171 Å². The first-order valence-electron chi connectivity index (χ1n) is 9.08. The molecule has 2 aromatic carbocycles. The van der Waals surface area contributed by atoms with E-state index in [0.29, 0.717) is 26.3 Å². The zero-order valence-corrected chi connectivity index (χ0v) is 15.9. The molecule has 3 rings (SSSR count). The number of nitrogens with one attached hydrogen (secondary N) is 2. The smallest absolute Gasteiger partial charge is 0.329 e. The number of carbonyl (C=O) groups is 3. The van der Waals surface area contributed by atoms with Gasteiger partial charge in [-0.05, 0) is 24.3 Å². The molecular formula is C20H20N4O6. The van der Waals surface area contributed by atoms with E-state index in [2.05, 4.69) is 10.4 Å². The molecule has 4 N–H and O–H groups in total. The fourth-order valence-corrected chi connectivity index (χ4v) is 2.75. The number of benzene rings is 2. The number of hydrazone groups is 1. The first-order chi connectivity index (χ1) is 14.5. The number of morpholine rings is 1. The van der Waals surface area contributed by atoms with Crippen molar-refractivity contribution in [2.75, 3.05) is 31.6 Å². The lowest BCUT2D eigenvalue weighted by molar-refractivity contribution is -0.136. The Balaban J connectivity index is 1.63. The molecule has 1 heterocycles. The third-order valence-corrected chi connectivity index (χ3v) is 4.29. The number of para-hydroxylation sites is 1. The number of anilines is 1. The number of amides is 3. The number of ether oxygens (including phenoxy) is 1. The van der Waals surface area contributed by atoms with Crippen molar-refractivity contribution < 1.29 is 29.3 Å². The van der Waals surface area contributed by atoms with Gasteiger partial charge in [0.1, 0.15) is 11.5 Å². The van der Waals surface area contributed by atoms with Crippen molar-refractivity contribution in [1.82, 2.24) is 10.3 Å². The molecule has 1 aliphatic heterocycles. The summed E-state index contributed by atoms with van der Waals surface area (Å²) in [6, 6.07) is 10.2. The van der Waals surface area contributed by atoms with Gasteiger partial charge in [0.05, 0.1) is 30.7 Å². The van der Waals surface area contributed by atoms with Crippen LogP contribution in [0, 0.1) is 0 Å². The van der Waals surface area contributed by atoms with Crippen molar-refractivity contribution in [2.45, 2.75) is 0 Å². The van der Waals surface area contributed by atoms with Crippen molar-refractivity contribution in [2.24, 2.45) is 5.10 Å². The predicted octanol–water partition coefficient (Wildman–Crippen LogP) is 0.659. The van der Waals surface area contributed by atoms with E-state index in [1.54, 1.807) is 23.1 Å². The maximum absolute atomic E-state index is 12.7. The second-order valence-corrected chi connectivity index (χ2v) is 6.35. The van der Waals surface area contributed by atoms with Crippen LogP contribution >= 0.6 is 0 Å². The van der Waals surface area contributed by atoms with Gasteiger partial charge in [-0.15, -0.1) is 0 Å². The predicted molar refractivity (Wildman–Crippen MR) is 107 cm³/mol. The number of hydrogen-bond donors (Lipinski definition) is 4. The molecule has 10 heteroatoms. The normalized spacial score (nSPS) is 13.8. The summed E-state index contributed by atoms with van der Waals surface area (Å²) in [4.78, 5) is 38.5. The Bertz CT molecular complexity index is 985. The quantitative estimate of drug-likeness (QED) is 0.330. The van der Waals surface area contributed by atoms with Crippen LogP contribution in [0.25, 0.3) is 0 Å². The monoisotopic (exact) mass is 412 g/mol. The molecule has 0 bridgehead atoms. The highest BCUT2D eigenvalue weighted by atomic mass is 16.5. The second-order valence-electron chi connectivity index (χ2n) is 6.35. The van der Waals surface area contributed by atoms with Crippen LogP contribution in [0.2, 0.25) is 0 Å². The van der Waals surface area contributed by atoms with Crippen LogP contribution in [0.3, 0.4) is 0 Å². The minimum atomic E-state index is -1.06. The van der Waals surface area contributed by atoms with E-state index in [1.807, 2.05) is 5.43 Å². The molecule has 0 atom stereocenters. The van der Waals surface area contributed by atoms with Crippen LogP contribution in [0.15, 0.2) is 47.6 Å². The van der Waals surface area contributed by atoms with E-state index in [4.69, 9.17) is 4.74 Å². The Kier molecular flexibility index (Phi) is 6.60. The van der Waals surface area contributed by atoms with Crippen molar-refractivity contribution in [3.8, 4) is 11.5 Å². The average Bonchev–Trinajstić information content (AvgIpc) is 2.75. The van der Waals surface area contributed by atoms with E-state index in [-0.39, 0.29) is 34.2 Å². The number of aromatic hydroxyl groups is 2. The zero-order valence-electron chi connectivity index (χ0n) is 15.9. The molecule has 1 aliphatic rings. The summed E-state index contributed by atoms with van der Waals surface area (Å²) in [5, 5.41) is 24.9. The van der Waals surface area contributed by atoms with Gasteiger partial charge in [0.25, 0.3) is 5.91 Å². The van der Waals surface area contributed by atoms with Gasteiger partial charge in [-0.1, -0.05) is 12.1 Å². The SMILES string of the molecule is O=C(NN=Cc1ccc(O)cc1O)C(=O)Nc1ccccc1C(=O)N1CCOCC1. The van der Waals surface area contributed by atoms with E-state index in [9.17, 15) is 24.6 Å². The summed E-state index contributed by atoms with van der Waals surface area (Å²) in [5.74, 6) is -2.70. The lowest BCUT2D eigenvalue weighted by Crippen LogP contribution is -2.41. The van der Waals surface area contributed by atoms with Gasteiger partial charge in [-0.25, -0.2) is 5.43 Å². The standard InChI is InChI=1S/C20H20N4O6/c25-14-6-5-13(17(26)11-14)12-21-23-19(28)18(27)22-16-4-2-1-3-15(16)20(29)24-7-9-30-10-8-24/h1-6,11-12,25-26H,7-10H2,(H,22,27)(H,23,28). The first kappa shape index (κ1) is 20.8. The van der Waals surface area contributed by atoms with Crippen LogP contribution in [0.5, 0.6) is 11.5 Å². The van der Waals surface area contributed by atoms with Crippen molar-refractivity contribution >= 4 is 29.6 Å². The number of hydrogen-bond acceptors (Lipinski definition) is 7. The van der Waals surface area contributed by atoms with E-state index >= 15 is 0 Å². The summed E-state index contributed by atoms with van der Waals surface area (Å²) in [6.07, 6.45) is 1.12. The topological polar surface area (TPSA) is 141 Å². The van der Waals surface area contributed by atoms with Gasteiger partial charge >= 0.3 is 11.8 Å². The minimum Gasteiger partial charge on any atom is -0.508 e. The molecule has 0 radical (unpaired) electrons. The molecule has 0 aliphatic carbocycles. The van der Waals surface area contributed by atoms with Crippen molar-refractivity contribution in [3.05, 3.63) is 53.6 Å². The number of carbonyl (C=O) groups excluding carboxylic acids is 3. The molecule has 30 heavy (non-hydrogen) atoms. The highest BCUT2D eigenvalue weighted by Gasteiger charge is 2.22. The van der Waals surface area contributed by atoms with E-state index < -0.39 is 11.8 Å². The van der Waals surface area contributed by atoms with Gasteiger partial charge in [0.15, 0.2) is 0 Å². The molecule has 0 unspecified atom stereocenters. The molecule has 0 aromatic heterocycles. The zero-order chi connectivity index (χ0) is 21.5. The third kappa shape index (κ3) is 5.11. The maximum atomic E-state index is 12.7. The van der Waals surface area contributed by atoms with Crippen molar-refractivity contribution in [1.29, 1.82) is 0 Å². The second kappa shape index (κ2) is 9.52. The molecule has 0 saturated carbocycles. The number of rotatable bonds is 4. The highest BCUT2D eigenvalue weighted by molar-refractivity contribution is 6.40. The van der Waals surface area contributed by atoms with Crippen molar-refractivity contribution in [3.63, 3.8) is 0 Å².